The molecule has 0 amide bonds. The van der Waals surface area contributed by atoms with E-state index in [-0.39, 0.29) is 0 Å². The number of hydrogen-bond acceptors (Lipinski definition) is 2. The Morgan fingerprint density at radius 3 is 2.86 bits per heavy atom. The molecule has 14 heavy (non-hydrogen) atoms. The van der Waals surface area contributed by atoms with Crippen molar-refractivity contribution in [2.24, 2.45) is 5.41 Å². The number of nitrogens with one attached hydrogen (secondary N) is 1. The summed E-state index contributed by atoms with van der Waals surface area (Å²) >= 11 is 0. The fourth-order valence-electron chi connectivity index (χ4n) is 2.50. The molecular formula is C12H24N2. The van der Waals surface area contributed by atoms with E-state index in [0.717, 1.165) is 0 Å². The van der Waals surface area contributed by atoms with E-state index in [2.05, 4.69) is 24.1 Å². The van der Waals surface area contributed by atoms with Crippen molar-refractivity contribution in [3.05, 3.63) is 0 Å². The van der Waals surface area contributed by atoms with Crippen LogP contribution in [0.5, 0.6) is 0 Å². The molecule has 1 heterocycles. The van der Waals surface area contributed by atoms with Crippen molar-refractivity contribution in [1.29, 1.82) is 0 Å². The highest BCUT2D eigenvalue weighted by Gasteiger charge is 2.44. The molecule has 2 nitrogen and oxygen atoms in total. The molecule has 1 aliphatic carbocycles. The first kappa shape index (κ1) is 10.4. The summed E-state index contributed by atoms with van der Waals surface area (Å²) in [5.41, 5.74) is 0.679. The van der Waals surface area contributed by atoms with E-state index >= 15 is 0 Å². The molecule has 1 N–H and O–H groups in total. The zero-order valence-corrected chi connectivity index (χ0v) is 9.68. The van der Waals surface area contributed by atoms with E-state index < -0.39 is 0 Å². The zero-order chi connectivity index (χ0) is 10.0. The lowest BCUT2D eigenvalue weighted by atomic mass is 10.1. The molecule has 0 aromatic rings. The highest BCUT2D eigenvalue weighted by Crippen LogP contribution is 2.46. The van der Waals surface area contributed by atoms with E-state index in [1.807, 2.05) is 0 Å². The van der Waals surface area contributed by atoms with E-state index in [9.17, 15) is 0 Å². The molecule has 0 radical (unpaired) electrons. The second kappa shape index (κ2) is 4.19. The number of rotatable bonds is 3. The van der Waals surface area contributed by atoms with E-state index in [0.29, 0.717) is 11.5 Å². The summed E-state index contributed by atoms with van der Waals surface area (Å²) in [4.78, 5) is 2.68. The quantitative estimate of drug-likeness (QED) is 0.741. The summed E-state index contributed by atoms with van der Waals surface area (Å²) in [6.07, 6.45) is 5.60. The Morgan fingerprint density at radius 2 is 2.21 bits per heavy atom. The predicted molar refractivity (Wildman–Crippen MR) is 60.5 cm³/mol. The Hall–Kier alpha value is -0.0800. The van der Waals surface area contributed by atoms with Crippen LogP contribution in [0.1, 0.15) is 39.5 Å². The average molecular weight is 196 g/mol. The average Bonchev–Trinajstić information content (AvgIpc) is 2.93. The van der Waals surface area contributed by atoms with Crippen LogP contribution in [0.15, 0.2) is 0 Å². The molecule has 2 fully saturated rings. The van der Waals surface area contributed by atoms with Crippen LogP contribution in [-0.4, -0.2) is 37.1 Å². The summed E-state index contributed by atoms with van der Waals surface area (Å²) < 4.78 is 0. The Balaban J connectivity index is 1.87. The Kier molecular flexibility index (Phi) is 3.13. The van der Waals surface area contributed by atoms with Gasteiger partial charge in [0, 0.05) is 25.7 Å². The first-order chi connectivity index (χ1) is 6.74. The van der Waals surface area contributed by atoms with Gasteiger partial charge in [0.25, 0.3) is 0 Å². The van der Waals surface area contributed by atoms with Gasteiger partial charge in [0.1, 0.15) is 0 Å². The minimum Gasteiger partial charge on any atom is -0.312 e. The number of unbranched alkanes of at least 4 members (excludes halogenated alkanes) is 1. The zero-order valence-electron chi connectivity index (χ0n) is 9.68. The normalized spacial score (nSPS) is 31.7. The van der Waals surface area contributed by atoms with E-state index in [1.165, 1.54) is 51.9 Å². The molecule has 2 heteroatoms. The van der Waals surface area contributed by atoms with Gasteiger partial charge in [-0.3, -0.25) is 0 Å². The van der Waals surface area contributed by atoms with Gasteiger partial charge in [0.2, 0.25) is 0 Å². The van der Waals surface area contributed by atoms with Crippen molar-refractivity contribution in [2.75, 3.05) is 26.2 Å². The van der Waals surface area contributed by atoms with Gasteiger partial charge in [-0.15, -0.1) is 0 Å². The first-order valence-electron chi connectivity index (χ1n) is 6.20. The molecule has 1 aliphatic heterocycles. The van der Waals surface area contributed by atoms with E-state index in [1.54, 1.807) is 0 Å². The fraction of sp³-hybridized carbons (Fsp3) is 1.00. The first-order valence-corrected chi connectivity index (χ1v) is 6.20. The maximum atomic E-state index is 3.66. The van der Waals surface area contributed by atoms with Crippen molar-refractivity contribution in [2.45, 2.75) is 45.6 Å². The Labute approximate surface area is 88.1 Å². The van der Waals surface area contributed by atoms with Crippen LogP contribution in [0.2, 0.25) is 0 Å². The van der Waals surface area contributed by atoms with Gasteiger partial charge < -0.3 is 10.2 Å². The van der Waals surface area contributed by atoms with Crippen molar-refractivity contribution in [1.82, 2.24) is 10.2 Å². The molecule has 1 saturated carbocycles. The standard InChI is InChI=1S/C12H24N2/c1-3-4-7-14-8-11(2)13-9-12(10-14)5-6-12/h11,13H,3-10H2,1-2H3. The fourth-order valence-corrected chi connectivity index (χ4v) is 2.50. The van der Waals surface area contributed by atoms with Gasteiger partial charge in [-0.1, -0.05) is 13.3 Å². The third-order valence-electron chi connectivity index (χ3n) is 3.70. The lowest BCUT2D eigenvalue weighted by Crippen LogP contribution is -2.35. The molecule has 2 aliphatic rings. The number of hydrogen-bond donors (Lipinski definition) is 1. The summed E-state index contributed by atoms with van der Waals surface area (Å²) in [6, 6.07) is 0.687. The Bertz CT molecular complexity index is 187. The maximum Gasteiger partial charge on any atom is 0.0166 e. The monoisotopic (exact) mass is 196 g/mol. The van der Waals surface area contributed by atoms with Gasteiger partial charge in [-0.2, -0.15) is 0 Å². The van der Waals surface area contributed by atoms with Crippen LogP contribution in [-0.2, 0) is 0 Å². The van der Waals surface area contributed by atoms with Gasteiger partial charge in [0.15, 0.2) is 0 Å². The summed E-state index contributed by atoms with van der Waals surface area (Å²) in [5, 5.41) is 3.66. The summed E-state index contributed by atoms with van der Waals surface area (Å²) in [5.74, 6) is 0. The topological polar surface area (TPSA) is 15.3 Å². The van der Waals surface area contributed by atoms with Crippen molar-refractivity contribution in [3.8, 4) is 0 Å². The maximum absolute atomic E-state index is 3.66. The third-order valence-corrected chi connectivity index (χ3v) is 3.70. The minimum atomic E-state index is 0.679. The van der Waals surface area contributed by atoms with Crippen molar-refractivity contribution >= 4 is 0 Å². The summed E-state index contributed by atoms with van der Waals surface area (Å²) in [6.45, 7) is 9.78. The highest BCUT2D eigenvalue weighted by atomic mass is 15.2. The molecule has 1 atom stereocenters. The molecular weight excluding hydrogens is 172 g/mol. The highest BCUT2D eigenvalue weighted by molar-refractivity contribution is 4.99. The largest absolute Gasteiger partial charge is 0.312 e. The number of nitrogens with zero attached hydrogens (tertiary/aromatic N) is 1. The molecule has 0 aromatic carbocycles. The van der Waals surface area contributed by atoms with Crippen LogP contribution >= 0.6 is 0 Å². The molecule has 2 rings (SSSR count). The second-order valence-electron chi connectivity index (χ2n) is 5.37. The molecule has 1 unspecified atom stereocenters. The molecule has 1 spiro atoms. The van der Waals surface area contributed by atoms with Crippen LogP contribution in [0.3, 0.4) is 0 Å². The SMILES string of the molecule is CCCCN1CC(C)NCC2(CC2)C1. The Morgan fingerprint density at radius 1 is 1.43 bits per heavy atom. The van der Waals surface area contributed by atoms with Crippen LogP contribution in [0.4, 0.5) is 0 Å². The lowest BCUT2D eigenvalue weighted by molar-refractivity contribution is 0.235. The van der Waals surface area contributed by atoms with Crippen LogP contribution in [0.25, 0.3) is 0 Å². The predicted octanol–water partition coefficient (Wildman–Crippen LogP) is 1.86. The van der Waals surface area contributed by atoms with Gasteiger partial charge in [-0.25, -0.2) is 0 Å². The molecule has 1 saturated heterocycles. The third kappa shape index (κ3) is 2.48. The van der Waals surface area contributed by atoms with Gasteiger partial charge >= 0.3 is 0 Å². The van der Waals surface area contributed by atoms with Crippen molar-refractivity contribution < 1.29 is 0 Å². The minimum absolute atomic E-state index is 0.679. The van der Waals surface area contributed by atoms with Crippen molar-refractivity contribution in [3.63, 3.8) is 0 Å². The molecule has 0 aromatic heterocycles. The second-order valence-corrected chi connectivity index (χ2v) is 5.37. The molecule has 0 bridgehead atoms. The van der Waals surface area contributed by atoms with Crippen LogP contribution < -0.4 is 5.32 Å². The summed E-state index contributed by atoms with van der Waals surface area (Å²) in [7, 11) is 0. The van der Waals surface area contributed by atoms with Gasteiger partial charge in [0.05, 0.1) is 0 Å². The molecule has 82 valence electrons. The lowest BCUT2D eigenvalue weighted by Gasteiger charge is -2.24. The smallest absolute Gasteiger partial charge is 0.0166 e. The van der Waals surface area contributed by atoms with Crippen LogP contribution in [0, 0.1) is 5.41 Å². The van der Waals surface area contributed by atoms with Gasteiger partial charge in [-0.05, 0) is 38.1 Å². The van der Waals surface area contributed by atoms with E-state index in [4.69, 9.17) is 0 Å².